The quantitative estimate of drug-likeness (QED) is 0.272. The highest BCUT2D eigenvalue weighted by molar-refractivity contribution is 6.05. The number of carbonyl (C=O) groups is 3. The molecule has 0 radical (unpaired) electrons. The molecule has 3 aromatic carbocycles. The van der Waals surface area contributed by atoms with Crippen molar-refractivity contribution in [3.8, 4) is 11.5 Å². The van der Waals surface area contributed by atoms with Gasteiger partial charge in [0.05, 0.1) is 12.3 Å². The Morgan fingerprint density at radius 1 is 0.845 bits per heavy atom. The second-order valence-electron chi connectivity index (χ2n) is 16.8. The molecular weight excluding hydrogens is 748 g/mol. The Kier molecular flexibility index (Phi) is 10.2. The zero-order valence-electron chi connectivity index (χ0n) is 32.5. The molecule has 304 valence electrons. The summed E-state index contributed by atoms with van der Waals surface area (Å²) >= 11 is 0. The number of nitrogens with one attached hydrogen (secondary N) is 1. The van der Waals surface area contributed by atoms with Crippen LogP contribution in [-0.2, 0) is 16.1 Å². The molecule has 5 atom stereocenters. The number of allylic oxidation sites excluding steroid dienone is 3. The molecule has 0 aromatic heterocycles. The third kappa shape index (κ3) is 7.22. The van der Waals surface area contributed by atoms with E-state index in [2.05, 4.69) is 33.0 Å². The third-order valence-corrected chi connectivity index (χ3v) is 13.3. The molecule has 6 aliphatic rings. The highest BCUT2D eigenvalue weighted by Crippen LogP contribution is 2.51. The van der Waals surface area contributed by atoms with Gasteiger partial charge in [0.1, 0.15) is 23.4 Å². The second-order valence-corrected chi connectivity index (χ2v) is 16.8. The number of phenolic OH excluding ortho intramolecular Hbond substituents is 1. The lowest BCUT2D eigenvalue weighted by Crippen LogP contribution is -2.52. The van der Waals surface area contributed by atoms with Crippen LogP contribution in [-0.4, -0.2) is 96.0 Å². The minimum atomic E-state index is -0.934. The topological polar surface area (TPSA) is 106 Å². The van der Waals surface area contributed by atoms with E-state index >= 15 is 4.39 Å². The Hall–Kier alpha value is -5.30. The van der Waals surface area contributed by atoms with E-state index in [1.54, 1.807) is 35.2 Å². The van der Waals surface area contributed by atoms with Crippen molar-refractivity contribution >= 4 is 23.4 Å². The Balaban J connectivity index is 0.797. The number of hydrogen-bond donors (Lipinski definition) is 2. The van der Waals surface area contributed by atoms with Crippen molar-refractivity contribution in [3.05, 3.63) is 112 Å². The number of hydrogen-bond acceptors (Lipinski definition) is 8. The Morgan fingerprint density at radius 2 is 1.64 bits per heavy atom. The predicted molar refractivity (Wildman–Crippen MR) is 211 cm³/mol. The Bertz CT molecular complexity index is 2200. The molecule has 3 aromatic rings. The van der Waals surface area contributed by atoms with Crippen LogP contribution in [0.5, 0.6) is 11.5 Å². The summed E-state index contributed by atoms with van der Waals surface area (Å²) in [6, 6.07) is 14.1. The normalized spacial score (nSPS) is 26.8. The van der Waals surface area contributed by atoms with Gasteiger partial charge in [-0.3, -0.25) is 24.6 Å². The molecule has 5 aliphatic heterocycles. The van der Waals surface area contributed by atoms with E-state index in [1.807, 2.05) is 18.2 Å². The van der Waals surface area contributed by atoms with Gasteiger partial charge in [-0.25, -0.2) is 13.2 Å². The largest absolute Gasteiger partial charge is 0.508 e. The van der Waals surface area contributed by atoms with Crippen LogP contribution in [0.3, 0.4) is 0 Å². The molecule has 0 spiro atoms. The van der Waals surface area contributed by atoms with Crippen molar-refractivity contribution in [3.63, 3.8) is 0 Å². The SMILES string of the molecule is CC1C=C(N2CCC(CN3CCN(c4ccc5c(c4)CN([C@H]4CCC(=O)NC4=O)C5=O)CC3)CC2)C(F)=C[C@@H]1C1c2ccc(O)cc2OCC1c1ccc(F)c(F)c1. The molecule has 3 unspecified atom stereocenters. The van der Waals surface area contributed by atoms with Crippen LogP contribution in [0, 0.1) is 29.4 Å². The van der Waals surface area contributed by atoms with E-state index in [0.717, 1.165) is 81.5 Å². The van der Waals surface area contributed by atoms with Crippen LogP contribution in [0.2, 0.25) is 0 Å². The summed E-state index contributed by atoms with van der Waals surface area (Å²) in [5.41, 5.74) is 4.61. The number of aromatic hydroxyl groups is 1. The molecule has 0 saturated carbocycles. The van der Waals surface area contributed by atoms with Crippen LogP contribution >= 0.6 is 0 Å². The van der Waals surface area contributed by atoms with Gasteiger partial charge in [0.15, 0.2) is 11.6 Å². The first-order valence-corrected chi connectivity index (χ1v) is 20.5. The molecule has 10 nitrogen and oxygen atoms in total. The van der Waals surface area contributed by atoms with E-state index in [0.29, 0.717) is 41.5 Å². The number of amides is 3. The van der Waals surface area contributed by atoms with Gasteiger partial charge in [-0.05, 0) is 96.2 Å². The highest BCUT2D eigenvalue weighted by atomic mass is 19.2. The number of likely N-dealkylation sites (tertiary alicyclic amines) is 1. The van der Waals surface area contributed by atoms with Gasteiger partial charge in [0.2, 0.25) is 11.8 Å². The lowest BCUT2D eigenvalue weighted by Gasteiger charge is -2.43. The highest BCUT2D eigenvalue weighted by Gasteiger charge is 2.42. The maximum atomic E-state index is 16.3. The smallest absolute Gasteiger partial charge is 0.255 e. The minimum Gasteiger partial charge on any atom is -0.508 e. The van der Waals surface area contributed by atoms with Gasteiger partial charge < -0.3 is 24.5 Å². The van der Waals surface area contributed by atoms with Crippen LogP contribution in [0.15, 0.2) is 78.3 Å². The van der Waals surface area contributed by atoms with Crippen LogP contribution in [0.4, 0.5) is 18.9 Å². The summed E-state index contributed by atoms with van der Waals surface area (Å²) in [7, 11) is 0. The summed E-state index contributed by atoms with van der Waals surface area (Å²) in [4.78, 5) is 45.9. The molecule has 13 heteroatoms. The number of ether oxygens (including phenoxy) is 1. The van der Waals surface area contributed by atoms with Gasteiger partial charge in [-0.1, -0.05) is 25.1 Å². The molecule has 3 saturated heterocycles. The number of rotatable bonds is 7. The number of halogens is 3. The van der Waals surface area contributed by atoms with Crippen LogP contribution in [0.1, 0.15) is 71.5 Å². The predicted octanol–water partition coefficient (Wildman–Crippen LogP) is 6.23. The first-order chi connectivity index (χ1) is 28.0. The Labute approximate surface area is 335 Å². The van der Waals surface area contributed by atoms with Crippen molar-refractivity contribution in [2.75, 3.05) is 57.3 Å². The van der Waals surface area contributed by atoms with E-state index in [-0.39, 0.29) is 60.1 Å². The van der Waals surface area contributed by atoms with E-state index in [4.69, 9.17) is 4.74 Å². The molecule has 58 heavy (non-hydrogen) atoms. The number of fused-ring (bicyclic) bond motifs is 2. The van der Waals surface area contributed by atoms with Gasteiger partial charge >= 0.3 is 0 Å². The number of piperidine rings is 2. The average molecular weight is 796 g/mol. The summed E-state index contributed by atoms with van der Waals surface area (Å²) in [5, 5.41) is 12.5. The average Bonchev–Trinajstić information content (AvgIpc) is 3.54. The van der Waals surface area contributed by atoms with Crippen LogP contribution in [0.25, 0.3) is 0 Å². The number of nitrogens with zero attached hydrogens (tertiary/aromatic N) is 4. The molecular formula is C45H48F3N5O5. The van der Waals surface area contributed by atoms with Crippen molar-refractivity contribution in [1.29, 1.82) is 0 Å². The molecule has 5 heterocycles. The molecule has 3 fully saturated rings. The van der Waals surface area contributed by atoms with E-state index < -0.39 is 23.6 Å². The summed E-state index contributed by atoms with van der Waals surface area (Å²) in [5.74, 6) is -2.89. The van der Waals surface area contributed by atoms with E-state index in [1.165, 1.54) is 6.07 Å². The number of anilines is 1. The fourth-order valence-electron chi connectivity index (χ4n) is 10.1. The van der Waals surface area contributed by atoms with Crippen molar-refractivity contribution < 1.29 is 37.4 Å². The maximum Gasteiger partial charge on any atom is 0.255 e. The van der Waals surface area contributed by atoms with Crippen molar-refractivity contribution in [2.24, 2.45) is 17.8 Å². The first-order valence-electron chi connectivity index (χ1n) is 20.5. The fourth-order valence-corrected chi connectivity index (χ4v) is 10.1. The number of benzene rings is 3. The van der Waals surface area contributed by atoms with Gasteiger partial charge in [0.25, 0.3) is 5.91 Å². The second kappa shape index (κ2) is 15.5. The summed E-state index contributed by atoms with van der Waals surface area (Å²) in [6.45, 7) is 8.69. The van der Waals surface area contributed by atoms with E-state index in [9.17, 15) is 28.3 Å². The zero-order chi connectivity index (χ0) is 40.2. The minimum absolute atomic E-state index is 0.0588. The molecule has 0 bridgehead atoms. The van der Waals surface area contributed by atoms with Crippen LogP contribution < -0.4 is 15.0 Å². The number of piperazine rings is 1. The van der Waals surface area contributed by atoms with Crippen molar-refractivity contribution in [1.82, 2.24) is 20.0 Å². The molecule has 1 aliphatic carbocycles. The number of imide groups is 1. The van der Waals surface area contributed by atoms with Gasteiger partial charge in [0, 0.05) is 87.9 Å². The van der Waals surface area contributed by atoms with Gasteiger partial charge in [-0.15, -0.1) is 0 Å². The third-order valence-electron chi connectivity index (χ3n) is 13.3. The monoisotopic (exact) mass is 795 g/mol. The number of carbonyl (C=O) groups excluding carboxylic acids is 3. The summed E-state index contributed by atoms with van der Waals surface area (Å²) in [6.07, 6.45) is 6.22. The first kappa shape index (κ1) is 38.2. The molecule has 3 amide bonds. The zero-order valence-corrected chi connectivity index (χ0v) is 32.5. The lowest BCUT2D eigenvalue weighted by atomic mass is 9.67. The Morgan fingerprint density at radius 3 is 2.40 bits per heavy atom. The standard InChI is InChI=1S/C45H48F3N5O5/c1-26-18-40(38(48)22-34(26)43-33-6-4-31(54)21-41(33)58-25-35(43)28-2-7-36(46)37(47)20-28)52-12-10-27(11-13-52)23-50-14-16-51(17-15-50)30-3-5-32-29(19-30)24-53(45(32)57)39-8-9-42(55)49-44(39)56/h2-7,18-22,26-27,34-35,39,43,54H,8-17,23-25H2,1H3,(H,49,55,56)/t26?,34-,35?,39-,43?/m0/s1. The number of phenols is 1. The molecule has 9 rings (SSSR count). The molecule has 2 N–H and O–H groups in total. The maximum absolute atomic E-state index is 16.3. The summed E-state index contributed by atoms with van der Waals surface area (Å²) < 4.78 is 50.7. The van der Waals surface area contributed by atoms with Crippen molar-refractivity contribution in [2.45, 2.75) is 57.0 Å². The lowest BCUT2D eigenvalue weighted by molar-refractivity contribution is -0.136. The van der Waals surface area contributed by atoms with Gasteiger partial charge in [-0.2, -0.15) is 0 Å². The fraction of sp³-hybridized carbons (Fsp3) is 0.444.